The summed E-state index contributed by atoms with van der Waals surface area (Å²) in [7, 11) is 1.97. The van der Waals surface area contributed by atoms with Crippen LogP contribution >= 0.6 is 23.4 Å². The topological polar surface area (TPSA) is 46.9 Å². The average molecular weight is 372 g/mol. The molecule has 3 aromatic rings. The van der Waals surface area contributed by atoms with Gasteiger partial charge >= 0.3 is 0 Å². The van der Waals surface area contributed by atoms with Gasteiger partial charge in [-0.15, -0.1) is 0 Å². The lowest BCUT2D eigenvalue weighted by Gasteiger charge is -2.08. The van der Waals surface area contributed by atoms with Crippen LogP contribution in [-0.4, -0.2) is 15.5 Å². The van der Waals surface area contributed by atoms with Crippen molar-refractivity contribution in [2.45, 2.75) is 17.5 Å². The number of nitrogens with zero attached hydrogens (tertiary/aromatic N) is 2. The van der Waals surface area contributed by atoms with Crippen LogP contribution in [0.4, 0.5) is 0 Å². The van der Waals surface area contributed by atoms with E-state index in [0.717, 1.165) is 22.0 Å². The summed E-state index contributed by atoms with van der Waals surface area (Å²) in [6.45, 7) is 0.412. The quantitative estimate of drug-likeness (QED) is 0.657. The predicted molar refractivity (Wildman–Crippen MR) is 102 cm³/mol. The number of nitrogens with one attached hydrogen (secondary N) is 1. The molecule has 4 nitrogen and oxygen atoms in total. The minimum absolute atomic E-state index is 0.108. The van der Waals surface area contributed by atoms with Crippen molar-refractivity contribution in [3.05, 3.63) is 82.6 Å². The van der Waals surface area contributed by atoms with E-state index in [1.807, 2.05) is 66.3 Å². The normalized spacial score (nSPS) is 10.6. The first kappa shape index (κ1) is 17.6. The van der Waals surface area contributed by atoms with E-state index in [4.69, 9.17) is 11.6 Å². The molecule has 1 heterocycles. The molecule has 1 aromatic heterocycles. The lowest BCUT2D eigenvalue weighted by atomic mass is 10.1. The number of aromatic nitrogens is 2. The standard InChI is InChI=1S/C19H18ClN3OS/c1-23-11-10-21-19(23)25-13-14-6-8-15(9-7-14)18(24)22-12-16-4-2-3-5-17(16)20/h2-11H,12-13H2,1H3,(H,22,24). The molecule has 0 aliphatic rings. The Hall–Kier alpha value is -2.24. The molecule has 6 heteroatoms. The molecule has 1 amide bonds. The molecule has 1 N–H and O–H groups in total. The summed E-state index contributed by atoms with van der Waals surface area (Å²) in [5.41, 5.74) is 2.69. The first-order chi connectivity index (χ1) is 12.1. The first-order valence-electron chi connectivity index (χ1n) is 7.84. The Morgan fingerprint density at radius 1 is 1.20 bits per heavy atom. The SMILES string of the molecule is Cn1ccnc1SCc1ccc(C(=O)NCc2ccccc2Cl)cc1. The number of imidazole rings is 1. The summed E-state index contributed by atoms with van der Waals surface area (Å²) in [5.74, 6) is 0.704. The second-order valence-electron chi connectivity index (χ2n) is 5.58. The van der Waals surface area contributed by atoms with E-state index in [-0.39, 0.29) is 5.91 Å². The Kier molecular flexibility index (Phi) is 5.79. The fourth-order valence-corrected chi connectivity index (χ4v) is 3.40. The molecule has 0 spiro atoms. The molecule has 3 rings (SSSR count). The number of thioether (sulfide) groups is 1. The van der Waals surface area contributed by atoms with E-state index in [1.54, 1.807) is 18.0 Å². The van der Waals surface area contributed by atoms with Gasteiger partial charge in [-0.1, -0.05) is 53.7 Å². The van der Waals surface area contributed by atoms with E-state index < -0.39 is 0 Å². The summed E-state index contributed by atoms with van der Waals surface area (Å²) in [4.78, 5) is 16.5. The second-order valence-corrected chi connectivity index (χ2v) is 6.93. The first-order valence-corrected chi connectivity index (χ1v) is 9.20. The van der Waals surface area contributed by atoms with Crippen LogP contribution in [0, 0.1) is 0 Å². The van der Waals surface area contributed by atoms with Crippen molar-refractivity contribution in [1.82, 2.24) is 14.9 Å². The summed E-state index contributed by atoms with van der Waals surface area (Å²) in [6.07, 6.45) is 3.71. The van der Waals surface area contributed by atoms with Gasteiger partial charge in [-0.3, -0.25) is 4.79 Å². The molecule has 0 atom stereocenters. The third-order valence-corrected chi connectivity index (χ3v) is 5.26. The molecule has 0 bridgehead atoms. The van der Waals surface area contributed by atoms with Gasteiger partial charge in [0.1, 0.15) is 0 Å². The van der Waals surface area contributed by atoms with Crippen LogP contribution in [0.5, 0.6) is 0 Å². The molecule has 0 saturated carbocycles. The molecule has 0 aliphatic carbocycles. The fourth-order valence-electron chi connectivity index (χ4n) is 2.31. The van der Waals surface area contributed by atoms with Gasteiger partial charge in [0.2, 0.25) is 0 Å². The molecule has 2 aromatic carbocycles. The van der Waals surface area contributed by atoms with E-state index in [0.29, 0.717) is 17.1 Å². The van der Waals surface area contributed by atoms with Crippen LogP contribution in [0.25, 0.3) is 0 Å². The predicted octanol–water partition coefficient (Wildman–Crippen LogP) is 4.30. The molecule has 128 valence electrons. The van der Waals surface area contributed by atoms with Gasteiger partial charge < -0.3 is 9.88 Å². The number of hydrogen-bond acceptors (Lipinski definition) is 3. The zero-order valence-electron chi connectivity index (χ0n) is 13.8. The molecule has 0 fully saturated rings. The van der Waals surface area contributed by atoms with E-state index >= 15 is 0 Å². The number of hydrogen-bond donors (Lipinski definition) is 1. The van der Waals surface area contributed by atoms with Gasteiger partial charge in [0.15, 0.2) is 5.16 Å². The van der Waals surface area contributed by atoms with Crippen LogP contribution in [-0.2, 0) is 19.3 Å². The maximum Gasteiger partial charge on any atom is 0.251 e. The van der Waals surface area contributed by atoms with Crippen molar-refractivity contribution in [3.8, 4) is 0 Å². The van der Waals surface area contributed by atoms with Crippen molar-refractivity contribution in [3.63, 3.8) is 0 Å². The van der Waals surface area contributed by atoms with Crippen LogP contribution in [0.2, 0.25) is 5.02 Å². The summed E-state index contributed by atoms with van der Waals surface area (Å²) in [5, 5.41) is 4.53. The van der Waals surface area contributed by atoms with Gasteiger partial charge in [-0.25, -0.2) is 4.98 Å². The molecule has 0 saturated heterocycles. The van der Waals surface area contributed by atoms with E-state index in [2.05, 4.69) is 10.3 Å². The maximum absolute atomic E-state index is 12.3. The van der Waals surface area contributed by atoms with Gasteiger partial charge in [0.05, 0.1) is 0 Å². The molecular weight excluding hydrogens is 354 g/mol. The highest BCUT2D eigenvalue weighted by molar-refractivity contribution is 7.98. The van der Waals surface area contributed by atoms with Gasteiger partial charge in [0.25, 0.3) is 5.91 Å². The van der Waals surface area contributed by atoms with Crippen molar-refractivity contribution < 1.29 is 4.79 Å². The zero-order chi connectivity index (χ0) is 17.6. The van der Waals surface area contributed by atoms with E-state index in [9.17, 15) is 4.79 Å². The van der Waals surface area contributed by atoms with E-state index in [1.165, 1.54) is 0 Å². The average Bonchev–Trinajstić information content (AvgIpc) is 3.04. The Morgan fingerprint density at radius 2 is 1.96 bits per heavy atom. The summed E-state index contributed by atoms with van der Waals surface area (Å²) < 4.78 is 1.99. The number of amides is 1. The highest BCUT2D eigenvalue weighted by atomic mass is 35.5. The number of carbonyl (C=O) groups excluding carboxylic acids is 1. The zero-order valence-corrected chi connectivity index (χ0v) is 15.3. The Labute approximate surface area is 156 Å². The highest BCUT2D eigenvalue weighted by Gasteiger charge is 2.07. The van der Waals surface area contributed by atoms with Crippen LogP contribution in [0.1, 0.15) is 21.5 Å². The third-order valence-electron chi connectivity index (χ3n) is 3.76. The second kappa shape index (κ2) is 8.23. The van der Waals surface area contributed by atoms with Crippen molar-refractivity contribution in [1.29, 1.82) is 0 Å². The molecule has 0 aliphatic heterocycles. The fraction of sp³-hybridized carbons (Fsp3) is 0.158. The van der Waals surface area contributed by atoms with Crippen LogP contribution < -0.4 is 5.32 Å². The maximum atomic E-state index is 12.3. The number of benzene rings is 2. The number of carbonyl (C=O) groups is 1. The number of halogens is 1. The lowest BCUT2D eigenvalue weighted by molar-refractivity contribution is 0.0951. The Morgan fingerprint density at radius 3 is 2.64 bits per heavy atom. The van der Waals surface area contributed by atoms with Crippen LogP contribution in [0.15, 0.2) is 66.1 Å². The lowest BCUT2D eigenvalue weighted by Crippen LogP contribution is -2.22. The minimum Gasteiger partial charge on any atom is -0.348 e. The Balaban J connectivity index is 1.55. The van der Waals surface area contributed by atoms with Gasteiger partial charge in [0, 0.05) is 42.3 Å². The monoisotopic (exact) mass is 371 g/mol. The number of rotatable bonds is 6. The van der Waals surface area contributed by atoms with Crippen molar-refractivity contribution in [2.75, 3.05) is 0 Å². The molecular formula is C19H18ClN3OS. The smallest absolute Gasteiger partial charge is 0.251 e. The van der Waals surface area contributed by atoms with Crippen LogP contribution in [0.3, 0.4) is 0 Å². The molecule has 0 radical (unpaired) electrons. The summed E-state index contributed by atoms with van der Waals surface area (Å²) in [6, 6.07) is 15.1. The summed E-state index contributed by atoms with van der Waals surface area (Å²) >= 11 is 7.77. The number of aryl methyl sites for hydroxylation is 1. The highest BCUT2D eigenvalue weighted by Crippen LogP contribution is 2.20. The van der Waals surface area contributed by atoms with Crippen molar-refractivity contribution >= 4 is 29.3 Å². The third kappa shape index (κ3) is 4.65. The molecule has 0 unspecified atom stereocenters. The van der Waals surface area contributed by atoms with Crippen molar-refractivity contribution in [2.24, 2.45) is 7.05 Å². The Bertz CT molecular complexity index is 861. The van der Waals surface area contributed by atoms with Gasteiger partial charge in [-0.05, 0) is 29.3 Å². The molecule has 25 heavy (non-hydrogen) atoms. The minimum atomic E-state index is -0.108. The largest absolute Gasteiger partial charge is 0.348 e. The van der Waals surface area contributed by atoms with Gasteiger partial charge in [-0.2, -0.15) is 0 Å².